The van der Waals surface area contributed by atoms with Crippen molar-refractivity contribution in [2.45, 2.75) is 19.9 Å². The summed E-state index contributed by atoms with van der Waals surface area (Å²) in [7, 11) is 0. The van der Waals surface area contributed by atoms with Crippen LogP contribution in [0.5, 0.6) is 0 Å². The highest BCUT2D eigenvalue weighted by Gasteiger charge is 2.14. The van der Waals surface area contributed by atoms with E-state index in [2.05, 4.69) is 10.4 Å². The molecule has 1 amide bonds. The molecule has 0 unspecified atom stereocenters. The van der Waals surface area contributed by atoms with Crippen LogP contribution in [0.3, 0.4) is 0 Å². The van der Waals surface area contributed by atoms with Crippen molar-refractivity contribution in [3.63, 3.8) is 0 Å². The highest BCUT2D eigenvalue weighted by Crippen LogP contribution is 2.13. The summed E-state index contributed by atoms with van der Waals surface area (Å²) in [5, 5.41) is 6.58. The van der Waals surface area contributed by atoms with Crippen molar-refractivity contribution in [3.05, 3.63) is 47.7 Å². The van der Waals surface area contributed by atoms with Gasteiger partial charge in [0, 0.05) is 18.2 Å². The fourth-order valence-corrected chi connectivity index (χ4v) is 1.89. The Kier molecular flexibility index (Phi) is 5.05. The highest BCUT2D eigenvalue weighted by atomic mass is 19.1. The number of benzene rings is 1. The van der Waals surface area contributed by atoms with Gasteiger partial charge in [0.2, 0.25) is 0 Å². The number of aromatic nitrogens is 2. The number of esters is 1. The molecule has 0 saturated heterocycles. The number of rotatable bonds is 5. The van der Waals surface area contributed by atoms with Crippen molar-refractivity contribution < 1.29 is 23.1 Å². The van der Waals surface area contributed by atoms with E-state index in [4.69, 9.17) is 4.74 Å². The minimum absolute atomic E-state index is 0.0399. The van der Waals surface area contributed by atoms with E-state index in [1.165, 1.54) is 6.20 Å². The third-order valence-corrected chi connectivity index (χ3v) is 2.86. The first kappa shape index (κ1) is 16.6. The number of hydrogen-bond acceptors (Lipinski definition) is 4. The molecule has 2 rings (SSSR count). The maximum atomic E-state index is 13.0. The van der Waals surface area contributed by atoms with Gasteiger partial charge in [0.25, 0.3) is 5.91 Å². The van der Waals surface area contributed by atoms with Crippen molar-refractivity contribution in [1.29, 1.82) is 0 Å². The van der Waals surface area contributed by atoms with Crippen molar-refractivity contribution >= 4 is 17.7 Å². The Hall–Kier alpha value is -2.77. The summed E-state index contributed by atoms with van der Waals surface area (Å²) in [6.45, 7) is 3.20. The lowest BCUT2D eigenvalue weighted by Gasteiger charge is -2.11. The standard InChI is InChI=1S/C15H15F2N3O3/c1-9(2)20-13(3-4-18-20)19-14(21)8-23-15(22)10-5-11(16)7-12(17)6-10/h3-7,9H,8H2,1-2H3,(H,19,21). The summed E-state index contributed by atoms with van der Waals surface area (Å²) >= 11 is 0. The predicted octanol–water partition coefficient (Wildman–Crippen LogP) is 2.54. The largest absolute Gasteiger partial charge is 0.452 e. The van der Waals surface area contributed by atoms with Gasteiger partial charge < -0.3 is 10.1 Å². The minimum atomic E-state index is -0.990. The molecule has 0 spiro atoms. The molecule has 6 nitrogen and oxygen atoms in total. The molecule has 0 saturated carbocycles. The summed E-state index contributed by atoms with van der Waals surface area (Å²) < 4.78 is 32.4. The Morgan fingerprint density at radius 3 is 2.52 bits per heavy atom. The number of nitrogens with zero attached hydrogens (tertiary/aromatic N) is 2. The number of carbonyl (C=O) groups excluding carboxylic acids is 2. The topological polar surface area (TPSA) is 73.2 Å². The van der Waals surface area contributed by atoms with Crippen molar-refractivity contribution in [2.75, 3.05) is 11.9 Å². The van der Waals surface area contributed by atoms with Crippen LogP contribution in [0.25, 0.3) is 0 Å². The molecule has 1 aromatic heterocycles. The fourth-order valence-electron chi connectivity index (χ4n) is 1.89. The van der Waals surface area contributed by atoms with Crippen LogP contribution in [0.1, 0.15) is 30.2 Å². The minimum Gasteiger partial charge on any atom is -0.452 e. The van der Waals surface area contributed by atoms with E-state index in [-0.39, 0.29) is 11.6 Å². The Balaban J connectivity index is 1.93. The van der Waals surface area contributed by atoms with Gasteiger partial charge in [-0.2, -0.15) is 5.10 Å². The highest BCUT2D eigenvalue weighted by molar-refractivity contribution is 5.95. The van der Waals surface area contributed by atoms with Crippen molar-refractivity contribution in [2.24, 2.45) is 0 Å². The van der Waals surface area contributed by atoms with Crippen LogP contribution in [0.15, 0.2) is 30.5 Å². The molecule has 1 heterocycles. The van der Waals surface area contributed by atoms with Gasteiger partial charge in [0.1, 0.15) is 17.5 Å². The zero-order chi connectivity index (χ0) is 17.0. The molecule has 122 valence electrons. The number of hydrogen-bond donors (Lipinski definition) is 1. The average Bonchev–Trinajstić information content (AvgIpc) is 2.92. The van der Waals surface area contributed by atoms with Crippen molar-refractivity contribution in [3.8, 4) is 0 Å². The van der Waals surface area contributed by atoms with Crippen molar-refractivity contribution in [1.82, 2.24) is 9.78 Å². The zero-order valence-electron chi connectivity index (χ0n) is 12.5. The van der Waals surface area contributed by atoms with Gasteiger partial charge >= 0.3 is 5.97 Å². The Morgan fingerprint density at radius 2 is 1.91 bits per heavy atom. The van der Waals surface area contributed by atoms with Crippen LogP contribution < -0.4 is 5.32 Å². The Labute approximate surface area is 131 Å². The molecule has 23 heavy (non-hydrogen) atoms. The van der Waals surface area contributed by atoms with Crippen LogP contribution in [-0.2, 0) is 9.53 Å². The van der Waals surface area contributed by atoms with E-state index in [0.29, 0.717) is 11.9 Å². The average molecular weight is 323 g/mol. The van der Waals surface area contributed by atoms with Gasteiger partial charge in [-0.25, -0.2) is 18.3 Å². The number of halogens is 2. The SMILES string of the molecule is CC(C)n1nccc1NC(=O)COC(=O)c1cc(F)cc(F)c1. The lowest BCUT2D eigenvalue weighted by molar-refractivity contribution is -0.119. The lowest BCUT2D eigenvalue weighted by Crippen LogP contribution is -2.23. The monoisotopic (exact) mass is 323 g/mol. The lowest BCUT2D eigenvalue weighted by atomic mass is 10.2. The van der Waals surface area contributed by atoms with Gasteiger partial charge in [-0.15, -0.1) is 0 Å². The second-order valence-electron chi connectivity index (χ2n) is 5.04. The third-order valence-electron chi connectivity index (χ3n) is 2.86. The Bertz CT molecular complexity index is 708. The van der Waals surface area contributed by atoms with Crippen LogP contribution in [-0.4, -0.2) is 28.3 Å². The molecule has 0 aliphatic heterocycles. The van der Waals surface area contributed by atoms with E-state index in [1.54, 1.807) is 10.7 Å². The quantitative estimate of drug-likeness (QED) is 0.858. The molecule has 0 aliphatic carbocycles. The molecule has 0 bridgehead atoms. The van der Waals surface area contributed by atoms with E-state index >= 15 is 0 Å². The van der Waals surface area contributed by atoms with Gasteiger partial charge in [0.05, 0.1) is 11.8 Å². The molecule has 1 aromatic carbocycles. The van der Waals surface area contributed by atoms with Gasteiger partial charge in [0.15, 0.2) is 6.61 Å². The van der Waals surface area contributed by atoms with E-state index < -0.39 is 30.1 Å². The third kappa shape index (κ3) is 4.35. The second kappa shape index (κ2) is 6.99. The summed E-state index contributed by atoms with van der Waals surface area (Å²) in [5.74, 6) is -2.92. The first-order valence-corrected chi connectivity index (χ1v) is 6.83. The van der Waals surface area contributed by atoms with Gasteiger partial charge in [-0.1, -0.05) is 0 Å². The maximum Gasteiger partial charge on any atom is 0.338 e. The van der Waals surface area contributed by atoms with Crippen LogP contribution in [0.2, 0.25) is 0 Å². The smallest absolute Gasteiger partial charge is 0.338 e. The number of ether oxygens (including phenoxy) is 1. The first-order valence-electron chi connectivity index (χ1n) is 6.83. The van der Waals surface area contributed by atoms with E-state index in [9.17, 15) is 18.4 Å². The molecule has 0 atom stereocenters. The molecule has 2 aromatic rings. The second-order valence-corrected chi connectivity index (χ2v) is 5.04. The first-order chi connectivity index (χ1) is 10.9. The zero-order valence-corrected chi connectivity index (χ0v) is 12.5. The summed E-state index contributed by atoms with van der Waals surface area (Å²) in [6, 6.07) is 3.94. The Morgan fingerprint density at radius 1 is 1.26 bits per heavy atom. The van der Waals surface area contributed by atoms with Gasteiger partial charge in [-0.05, 0) is 26.0 Å². The predicted molar refractivity (Wildman–Crippen MR) is 77.9 cm³/mol. The van der Waals surface area contributed by atoms with Crippen LogP contribution in [0, 0.1) is 11.6 Å². The van der Waals surface area contributed by atoms with E-state index in [1.807, 2.05) is 13.8 Å². The molecule has 8 heteroatoms. The number of amides is 1. The van der Waals surface area contributed by atoms with Crippen LogP contribution in [0.4, 0.5) is 14.6 Å². The summed E-state index contributed by atoms with van der Waals surface area (Å²) in [5.41, 5.74) is -0.303. The molecule has 1 N–H and O–H groups in total. The molecular weight excluding hydrogens is 308 g/mol. The summed E-state index contributed by atoms with van der Waals surface area (Å²) in [6.07, 6.45) is 1.52. The summed E-state index contributed by atoms with van der Waals surface area (Å²) in [4.78, 5) is 23.5. The number of carbonyl (C=O) groups is 2. The molecule has 0 aliphatic rings. The molecular formula is C15H15F2N3O3. The molecule has 0 fully saturated rings. The normalized spacial score (nSPS) is 10.7. The number of anilines is 1. The number of nitrogens with one attached hydrogen (secondary N) is 1. The van der Waals surface area contributed by atoms with Gasteiger partial charge in [-0.3, -0.25) is 4.79 Å². The molecule has 0 radical (unpaired) electrons. The fraction of sp³-hybridized carbons (Fsp3) is 0.267. The van der Waals surface area contributed by atoms with Crippen LogP contribution >= 0.6 is 0 Å². The maximum absolute atomic E-state index is 13.0. The van der Waals surface area contributed by atoms with E-state index in [0.717, 1.165) is 12.1 Å².